The van der Waals surface area contributed by atoms with E-state index in [0.717, 1.165) is 33.0 Å². The number of hydrogen-bond acceptors (Lipinski definition) is 4. The van der Waals surface area contributed by atoms with Crippen LogP contribution in [0.1, 0.15) is 35.2 Å². The molecule has 0 fully saturated rings. The molecule has 1 aliphatic rings. The van der Waals surface area contributed by atoms with Crippen LogP contribution in [0, 0.1) is 20.8 Å². The molecule has 1 heterocycles. The van der Waals surface area contributed by atoms with Gasteiger partial charge < -0.3 is 25.0 Å². The molecule has 0 aliphatic carbocycles. The van der Waals surface area contributed by atoms with Crippen molar-refractivity contribution in [1.29, 1.82) is 0 Å². The van der Waals surface area contributed by atoms with Gasteiger partial charge in [-0.1, -0.05) is 23.8 Å². The maximum absolute atomic E-state index is 12.5. The van der Waals surface area contributed by atoms with Gasteiger partial charge in [-0.25, -0.2) is 0 Å². The Balaban J connectivity index is 1.50. The van der Waals surface area contributed by atoms with Crippen molar-refractivity contribution < 1.29 is 24.0 Å². The van der Waals surface area contributed by atoms with Crippen molar-refractivity contribution >= 4 is 17.5 Å². The van der Waals surface area contributed by atoms with E-state index in [1.165, 1.54) is 5.56 Å². The molecule has 2 aromatic rings. The van der Waals surface area contributed by atoms with Gasteiger partial charge in [-0.15, -0.1) is 0 Å². The van der Waals surface area contributed by atoms with Crippen LogP contribution in [-0.2, 0) is 9.59 Å². The minimum atomic E-state index is -0.178. The van der Waals surface area contributed by atoms with Gasteiger partial charge in [0.2, 0.25) is 0 Å². The van der Waals surface area contributed by atoms with Crippen LogP contribution in [0.15, 0.2) is 30.3 Å². The summed E-state index contributed by atoms with van der Waals surface area (Å²) in [5.41, 5.74) is 5.03. The molecule has 2 aromatic carbocycles. The van der Waals surface area contributed by atoms with E-state index in [1.807, 2.05) is 65.1 Å². The van der Waals surface area contributed by atoms with Gasteiger partial charge in [-0.05, 0) is 56.5 Å². The van der Waals surface area contributed by atoms with Crippen LogP contribution >= 0.6 is 0 Å². The SMILES string of the molecule is Cc1cc(C)c(NC(=O)C[NH+](C)CC(=O)N[C@H](C)c2ccc3c(c2)OCCO3)c(C)c1. The van der Waals surface area contributed by atoms with Gasteiger partial charge in [-0.2, -0.15) is 0 Å². The Labute approximate surface area is 183 Å². The fourth-order valence-corrected chi connectivity index (χ4v) is 3.88. The zero-order valence-electron chi connectivity index (χ0n) is 18.9. The van der Waals surface area contributed by atoms with Gasteiger partial charge in [0, 0.05) is 5.69 Å². The van der Waals surface area contributed by atoms with Crippen molar-refractivity contribution in [3.63, 3.8) is 0 Å². The molecule has 0 spiro atoms. The Kier molecular flexibility index (Phi) is 7.17. The lowest BCUT2D eigenvalue weighted by atomic mass is 10.1. The Morgan fingerprint density at radius 3 is 2.26 bits per heavy atom. The number of benzene rings is 2. The number of anilines is 1. The number of rotatable bonds is 7. The van der Waals surface area contributed by atoms with Crippen LogP contribution in [0.25, 0.3) is 0 Å². The third-order valence-corrected chi connectivity index (χ3v) is 5.31. The summed E-state index contributed by atoms with van der Waals surface area (Å²) in [5, 5.41) is 5.98. The predicted octanol–water partition coefficient (Wildman–Crippen LogP) is 1.71. The van der Waals surface area contributed by atoms with E-state index in [1.54, 1.807) is 0 Å². The van der Waals surface area contributed by atoms with E-state index in [4.69, 9.17) is 9.47 Å². The second-order valence-electron chi connectivity index (χ2n) is 8.32. The number of fused-ring (bicyclic) bond motifs is 1. The van der Waals surface area contributed by atoms with Gasteiger partial charge in [0.1, 0.15) is 13.2 Å². The van der Waals surface area contributed by atoms with Crippen LogP contribution in [-0.4, -0.2) is 45.2 Å². The lowest BCUT2D eigenvalue weighted by Crippen LogP contribution is -3.11. The first-order valence-electron chi connectivity index (χ1n) is 10.6. The summed E-state index contributed by atoms with van der Waals surface area (Å²) in [6.07, 6.45) is 0. The molecule has 1 aliphatic heterocycles. The summed E-state index contributed by atoms with van der Waals surface area (Å²) >= 11 is 0. The molecule has 0 bridgehead atoms. The number of aryl methyl sites for hydroxylation is 3. The average Bonchev–Trinajstić information content (AvgIpc) is 2.70. The summed E-state index contributed by atoms with van der Waals surface area (Å²) in [6, 6.07) is 9.61. The lowest BCUT2D eigenvalue weighted by molar-refractivity contribution is -0.862. The van der Waals surface area contributed by atoms with Gasteiger partial charge in [0.15, 0.2) is 24.6 Å². The molecule has 0 aromatic heterocycles. The summed E-state index contributed by atoms with van der Waals surface area (Å²) in [4.78, 5) is 25.8. The molecule has 3 rings (SSSR count). The molecule has 2 amide bonds. The molecular formula is C24H32N3O4+. The number of carbonyl (C=O) groups is 2. The van der Waals surface area contributed by atoms with Crippen molar-refractivity contribution in [2.24, 2.45) is 0 Å². The number of ether oxygens (including phenoxy) is 2. The third-order valence-electron chi connectivity index (χ3n) is 5.31. The molecule has 0 radical (unpaired) electrons. The second-order valence-corrected chi connectivity index (χ2v) is 8.32. The highest BCUT2D eigenvalue weighted by molar-refractivity contribution is 5.93. The number of likely N-dealkylation sites (N-methyl/N-ethyl adjacent to an activating group) is 1. The number of quaternary nitrogens is 1. The number of nitrogens with one attached hydrogen (secondary N) is 3. The summed E-state index contributed by atoms with van der Waals surface area (Å²) in [7, 11) is 1.84. The Bertz CT molecular complexity index is 950. The van der Waals surface area contributed by atoms with E-state index >= 15 is 0 Å². The molecular weight excluding hydrogens is 394 g/mol. The Morgan fingerprint density at radius 2 is 1.58 bits per heavy atom. The van der Waals surface area contributed by atoms with Crippen molar-refractivity contribution in [1.82, 2.24) is 5.32 Å². The smallest absolute Gasteiger partial charge is 0.279 e. The molecule has 3 N–H and O–H groups in total. The first-order valence-corrected chi connectivity index (χ1v) is 10.6. The average molecular weight is 427 g/mol. The molecule has 0 saturated carbocycles. The van der Waals surface area contributed by atoms with Crippen LogP contribution in [0.2, 0.25) is 0 Å². The molecule has 7 heteroatoms. The van der Waals surface area contributed by atoms with Gasteiger partial charge in [0.05, 0.1) is 13.1 Å². The topological polar surface area (TPSA) is 81.1 Å². The zero-order chi connectivity index (χ0) is 22.5. The van der Waals surface area contributed by atoms with Crippen molar-refractivity contribution in [2.45, 2.75) is 33.7 Å². The Morgan fingerprint density at radius 1 is 0.968 bits per heavy atom. The van der Waals surface area contributed by atoms with Crippen LogP contribution in [0.3, 0.4) is 0 Å². The molecule has 7 nitrogen and oxygen atoms in total. The van der Waals surface area contributed by atoms with E-state index in [9.17, 15) is 9.59 Å². The van der Waals surface area contributed by atoms with Crippen LogP contribution in [0.5, 0.6) is 11.5 Å². The highest BCUT2D eigenvalue weighted by Gasteiger charge is 2.19. The number of amides is 2. The molecule has 166 valence electrons. The van der Waals surface area contributed by atoms with Crippen molar-refractivity contribution in [3.05, 3.63) is 52.6 Å². The molecule has 1 unspecified atom stereocenters. The first-order chi connectivity index (χ1) is 14.7. The largest absolute Gasteiger partial charge is 0.486 e. The minimum absolute atomic E-state index is 0.111. The van der Waals surface area contributed by atoms with Crippen molar-refractivity contribution in [3.8, 4) is 11.5 Å². The third kappa shape index (κ3) is 5.98. The van der Waals surface area contributed by atoms with Crippen LogP contribution < -0.4 is 25.0 Å². The van der Waals surface area contributed by atoms with E-state index in [2.05, 4.69) is 10.6 Å². The van der Waals surface area contributed by atoms with Crippen molar-refractivity contribution in [2.75, 3.05) is 38.7 Å². The molecule has 0 saturated heterocycles. The molecule has 2 atom stereocenters. The Hall–Kier alpha value is -3.06. The van der Waals surface area contributed by atoms with Gasteiger partial charge in [-0.3, -0.25) is 9.59 Å². The summed E-state index contributed by atoms with van der Waals surface area (Å²) < 4.78 is 11.2. The maximum Gasteiger partial charge on any atom is 0.279 e. The highest BCUT2D eigenvalue weighted by atomic mass is 16.6. The van der Waals surface area contributed by atoms with Gasteiger partial charge >= 0.3 is 0 Å². The predicted molar refractivity (Wildman–Crippen MR) is 120 cm³/mol. The number of carbonyl (C=O) groups excluding carboxylic acids is 2. The minimum Gasteiger partial charge on any atom is -0.486 e. The summed E-state index contributed by atoms with van der Waals surface area (Å²) in [5.74, 6) is 1.20. The lowest BCUT2D eigenvalue weighted by Gasteiger charge is -2.21. The highest BCUT2D eigenvalue weighted by Crippen LogP contribution is 2.32. The monoisotopic (exact) mass is 426 g/mol. The van der Waals surface area contributed by atoms with Crippen LogP contribution in [0.4, 0.5) is 5.69 Å². The van der Waals surface area contributed by atoms with Gasteiger partial charge in [0.25, 0.3) is 11.8 Å². The van der Waals surface area contributed by atoms with E-state index < -0.39 is 0 Å². The number of hydrogen-bond donors (Lipinski definition) is 3. The van der Waals surface area contributed by atoms with E-state index in [0.29, 0.717) is 19.0 Å². The maximum atomic E-state index is 12.5. The second kappa shape index (κ2) is 9.83. The zero-order valence-corrected chi connectivity index (χ0v) is 18.9. The quantitative estimate of drug-likeness (QED) is 0.630. The normalized spacial score (nSPS) is 14.5. The molecule has 31 heavy (non-hydrogen) atoms. The fraction of sp³-hybridized carbons (Fsp3) is 0.417. The fourth-order valence-electron chi connectivity index (χ4n) is 3.88. The first kappa shape index (κ1) is 22.6. The summed E-state index contributed by atoms with van der Waals surface area (Å²) in [6.45, 7) is 9.41. The standard InChI is InChI=1S/C24H31N3O4/c1-15-10-16(2)24(17(3)11-15)26-23(29)14-27(5)13-22(28)25-18(4)19-6-7-20-21(12-19)31-9-8-30-20/h6-7,10-12,18H,8-9,13-14H2,1-5H3,(H,25,28)(H,26,29)/p+1/t18-/m1/s1. The van der Waals surface area contributed by atoms with E-state index in [-0.39, 0.29) is 30.9 Å².